The fraction of sp³-hybridized carbons (Fsp3) is 0.133. The van der Waals surface area contributed by atoms with Crippen LogP contribution in [0, 0.1) is 29.1 Å². The SMILES string of the molecule is COc1ccc(NC(=O)c2c(F)c(F)c(F)c(F)c2S(C)=O)cc1F. The molecule has 0 aromatic heterocycles. The highest BCUT2D eigenvalue weighted by Crippen LogP contribution is 2.28. The first kappa shape index (κ1) is 18.8. The lowest BCUT2D eigenvalue weighted by Gasteiger charge is -2.12. The van der Waals surface area contributed by atoms with Crippen LogP contribution in [0.1, 0.15) is 10.4 Å². The van der Waals surface area contributed by atoms with Crippen molar-refractivity contribution < 1.29 is 35.7 Å². The van der Waals surface area contributed by atoms with E-state index in [-0.39, 0.29) is 11.4 Å². The van der Waals surface area contributed by atoms with Crippen LogP contribution in [-0.4, -0.2) is 23.5 Å². The molecule has 0 spiro atoms. The molecule has 25 heavy (non-hydrogen) atoms. The van der Waals surface area contributed by atoms with Crippen LogP contribution < -0.4 is 10.1 Å². The fourth-order valence-electron chi connectivity index (χ4n) is 2.02. The molecule has 134 valence electrons. The van der Waals surface area contributed by atoms with Crippen molar-refractivity contribution in [3.05, 3.63) is 52.8 Å². The Bertz CT molecular complexity index is 888. The lowest BCUT2D eigenvalue weighted by molar-refractivity contribution is 0.101. The molecule has 0 bridgehead atoms. The monoisotopic (exact) mass is 379 g/mol. The normalized spacial score (nSPS) is 12.0. The van der Waals surface area contributed by atoms with Crippen LogP contribution in [0.2, 0.25) is 0 Å². The summed E-state index contributed by atoms with van der Waals surface area (Å²) in [5.74, 6) is -10.8. The van der Waals surface area contributed by atoms with E-state index >= 15 is 0 Å². The van der Waals surface area contributed by atoms with Gasteiger partial charge in [0.25, 0.3) is 5.91 Å². The molecule has 2 rings (SSSR count). The van der Waals surface area contributed by atoms with Gasteiger partial charge in [0.15, 0.2) is 34.8 Å². The molecule has 2 aromatic rings. The molecule has 0 aliphatic rings. The Kier molecular flexibility index (Phi) is 5.41. The Morgan fingerprint density at radius 1 is 1.04 bits per heavy atom. The predicted octanol–water partition coefficient (Wildman–Crippen LogP) is 3.38. The Hall–Kier alpha value is -2.49. The molecule has 0 heterocycles. The Labute approximate surface area is 141 Å². The first-order chi connectivity index (χ1) is 11.7. The van der Waals surface area contributed by atoms with Gasteiger partial charge < -0.3 is 10.1 Å². The van der Waals surface area contributed by atoms with E-state index in [1.807, 2.05) is 5.32 Å². The standard InChI is InChI=1S/C15H10F5NO3S/c1-24-8-4-3-6(5-7(8)16)21-15(22)9-10(17)11(18)12(19)13(20)14(9)25(2)23/h3-5H,1-2H3,(H,21,22). The van der Waals surface area contributed by atoms with Crippen LogP contribution >= 0.6 is 0 Å². The average molecular weight is 379 g/mol. The number of amides is 1. The van der Waals surface area contributed by atoms with Crippen LogP contribution in [0.5, 0.6) is 5.75 Å². The van der Waals surface area contributed by atoms with Gasteiger partial charge in [0.1, 0.15) is 0 Å². The maximum atomic E-state index is 13.9. The molecular weight excluding hydrogens is 369 g/mol. The second-order valence-electron chi connectivity index (χ2n) is 4.72. The highest BCUT2D eigenvalue weighted by atomic mass is 32.2. The Balaban J connectivity index is 2.52. The van der Waals surface area contributed by atoms with Crippen molar-refractivity contribution in [1.82, 2.24) is 0 Å². The van der Waals surface area contributed by atoms with Crippen LogP contribution in [0.25, 0.3) is 0 Å². The number of rotatable bonds is 4. The van der Waals surface area contributed by atoms with Gasteiger partial charge in [-0.1, -0.05) is 0 Å². The van der Waals surface area contributed by atoms with Gasteiger partial charge in [-0.2, -0.15) is 0 Å². The molecule has 1 atom stereocenters. The van der Waals surface area contributed by atoms with Crippen molar-refractivity contribution in [2.75, 3.05) is 18.7 Å². The zero-order valence-corrected chi connectivity index (χ0v) is 13.6. The molecular formula is C15H10F5NO3S. The number of benzene rings is 2. The van der Waals surface area contributed by atoms with E-state index in [1.54, 1.807) is 0 Å². The van der Waals surface area contributed by atoms with Gasteiger partial charge in [-0.3, -0.25) is 9.00 Å². The molecule has 0 saturated heterocycles. The Morgan fingerprint density at radius 3 is 2.16 bits per heavy atom. The first-order valence-electron chi connectivity index (χ1n) is 6.53. The first-order valence-corrected chi connectivity index (χ1v) is 8.09. The minimum Gasteiger partial charge on any atom is -0.494 e. The van der Waals surface area contributed by atoms with Gasteiger partial charge in [0.05, 0.1) is 28.4 Å². The summed E-state index contributed by atoms with van der Waals surface area (Å²) in [6, 6.07) is 3.13. The summed E-state index contributed by atoms with van der Waals surface area (Å²) in [5.41, 5.74) is -1.46. The highest BCUT2D eigenvalue weighted by Gasteiger charge is 2.31. The van der Waals surface area contributed by atoms with Crippen LogP contribution in [0.15, 0.2) is 23.1 Å². The van der Waals surface area contributed by atoms with E-state index in [4.69, 9.17) is 0 Å². The molecule has 0 saturated carbocycles. The maximum absolute atomic E-state index is 13.9. The van der Waals surface area contributed by atoms with Crippen LogP contribution in [-0.2, 0) is 10.8 Å². The number of methoxy groups -OCH3 is 1. The van der Waals surface area contributed by atoms with Crippen molar-refractivity contribution in [2.24, 2.45) is 0 Å². The molecule has 4 nitrogen and oxygen atoms in total. The van der Waals surface area contributed by atoms with Gasteiger partial charge in [-0.25, -0.2) is 22.0 Å². The van der Waals surface area contributed by atoms with Crippen molar-refractivity contribution in [1.29, 1.82) is 0 Å². The number of nitrogens with one attached hydrogen (secondary N) is 1. The molecule has 1 amide bonds. The summed E-state index contributed by atoms with van der Waals surface area (Å²) in [6.07, 6.45) is 0.860. The second-order valence-corrected chi connectivity index (χ2v) is 6.03. The number of ether oxygens (including phenoxy) is 1. The topological polar surface area (TPSA) is 55.4 Å². The number of hydrogen-bond acceptors (Lipinski definition) is 3. The summed E-state index contributed by atoms with van der Waals surface area (Å²) in [7, 11) is -1.14. The third kappa shape index (κ3) is 3.48. The predicted molar refractivity (Wildman–Crippen MR) is 79.5 cm³/mol. The fourth-order valence-corrected chi connectivity index (χ4v) is 2.83. The molecule has 0 aliphatic carbocycles. The summed E-state index contributed by atoms with van der Waals surface area (Å²) in [6.45, 7) is 0. The van der Waals surface area contributed by atoms with Crippen molar-refractivity contribution in [2.45, 2.75) is 4.90 Å². The average Bonchev–Trinajstić information content (AvgIpc) is 2.55. The van der Waals surface area contributed by atoms with E-state index in [0.29, 0.717) is 0 Å². The molecule has 1 N–H and O–H groups in total. The van der Waals surface area contributed by atoms with Gasteiger partial charge in [-0.05, 0) is 12.1 Å². The number of hydrogen-bond donors (Lipinski definition) is 1. The lowest BCUT2D eigenvalue weighted by atomic mass is 10.1. The molecule has 0 radical (unpaired) electrons. The molecule has 0 aliphatic heterocycles. The zero-order valence-electron chi connectivity index (χ0n) is 12.8. The molecule has 10 heteroatoms. The number of carbonyl (C=O) groups excluding carboxylic acids is 1. The minimum absolute atomic E-state index is 0.140. The second kappa shape index (κ2) is 7.18. The van der Waals surface area contributed by atoms with Crippen molar-refractivity contribution in [3.63, 3.8) is 0 Å². The number of anilines is 1. The number of halogens is 5. The van der Waals surface area contributed by atoms with E-state index in [2.05, 4.69) is 4.74 Å². The Morgan fingerprint density at radius 2 is 1.64 bits per heavy atom. The summed E-state index contributed by atoms with van der Waals surface area (Å²) >= 11 is 0. The van der Waals surface area contributed by atoms with Gasteiger partial charge in [-0.15, -0.1) is 0 Å². The van der Waals surface area contributed by atoms with Gasteiger partial charge in [0.2, 0.25) is 0 Å². The lowest BCUT2D eigenvalue weighted by Crippen LogP contribution is -2.20. The van der Waals surface area contributed by atoms with Gasteiger partial charge >= 0.3 is 0 Å². The maximum Gasteiger partial charge on any atom is 0.260 e. The van der Waals surface area contributed by atoms with Crippen molar-refractivity contribution >= 4 is 22.4 Å². The third-order valence-electron chi connectivity index (χ3n) is 3.15. The van der Waals surface area contributed by atoms with Crippen molar-refractivity contribution in [3.8, 4) is 5.75 Å². The molecule has 0 fully saturated rings. The smallest absolute Gasteiger partial charge is 0.260 e. The third-order valence-corrected chi connectivity index (χ3v) is 4.11. The molecule has 2 aromatic carbocycles. The minimum atomic E-state index is -2.35. The van der Waals surface area contributed by atoms with Gasteiger partial charge in [0, 0.05) is 18.0 Å². The summed E-state index contributed by atoms with van der Waals surface area (Å²) in [5, 5.41) is 2.00. The van der Waals surface area contributed by atoms with Crippen LogP contribution in [0.4, 0.5) is 27.6 Å². The number of carbonyl (C=O) groups is 1. The van der Waals surface area contributed by atoms with Crippen LogP contribution in [0.3, 0.4) is 0 Å². The highest BCUT2D eigenvalue weighted by molar-refractivity contribution is 7.84. The summed E-state index contributed by atoms with van der Waals surface area (Å²) < 4.78 is 84.3. The van der Waals surface area contributed by atoms with E-state index in [9.17, 15) is 31.0 Å². The van der Waals surface area contributed by atoms with E-state index in [0.717, 1.165) is 18.4 Å². The zero-order chi connectivity index (χ0) is 18.9. The van der Waals surface area contributed by atoms with E-state index < -0.39 is 56.3 Å². The van der Waals surface area contributed by atoms with E-state index in [1.165, 1.54) is 13.2 Å². The quantitative estimate of drug-likeness (QED) is 0.503. The summed E-state index contributed by atoms with van der Waals surface area (Å²) in [4.78, 5) is 11.0. The molecule has 1 unspecified atom stereocenters. The largest absolute Gasteiger partial charge is 0.494 e.